The molecule has 0 aliphatic heterocycles. The average Bonchev–Trinajstić information content (AvgIpc) is 2.33. The minimum Gasteiger partial charge on any atom is -0.329 e. The maximum absolute atomic E-state index is 13.7. The molecule has 2 nitrogen and oxygen atoms in total. The highest BCUT2D eigenvalue weighted by atomic mass is 19.1. The summed E-state index contributed by atoms with van der Waals surface area (Å²) in [6, 6.07) is 6.94. The van der Waals surface area contributed by atoms with Crippen LogP contribution < -0.4 is 5.73 Å². The van der Waals surface area contributed by atoms with E-state index in [2.05, 4.69) is 25.7 Å². The fraction of sp³-hybridized carbons (Fsp3) is 0.571. The van der Waals surface area contributed by atoms with Crippen LogP contribution in [-0.2, 0) is 6.42 Å². The van der Waals surface area contributed by atoms with E-state index < -0.39 is 0 Å². The normalized spacial score (nSPS) is 14.9. The minimum atomic E-state index is -0.175. The molecular formula is C14H23FN2. The molecule has 1 rings (SSSR count). The summed E-state index contributed by atoms with van der Waals surface area (Å²) in [7, 11) is 0. The van der Waals surface area contributed by atoms with Crippen LogP contribution in [0.25, 0.3) is 0 Å². The van der Waals surface area contributed by atoms with E-state index in [1.54, 1.807) is 6.07 Å². The molecule has 0 saturated heterocycles. The molecule has 3 heteroatoms. The second kappa shape index (κ2) is 6.12. The molecule has 1 atom stereocenters. The molecule has 96 valence electrons. The van der Waals surface area contributed by atoms with Gasteiger partial charge in [0.05, 0.1) is 0 Å². The average molecular weight is 238 g/mol. The van der Waals surface area contributed by atoms with Gasteiger partial charge < -0.3 is 5.73 Å². The first kappa shape index (κ1) is 14.1. The Hall–Kier alpha value is -0.930. The van der Waals surface area contributed by atoms with Gasteiger partial charge in [-0.3, -0.25) is 4.90 Å². The Bertz CT molecular complexity index is 350. The Morgan fingerprint density at radius 3 is 2.29 bits per heavy atom. The summed E-state index contributed by atoms with van der Waals surface area (Å²) in [5, 5.41) is 0. The van der Waals surface area contributed by atoms with Crippen molar-refractivity contribution in [1.29, 1.82) is 0 Å². The molecule has 1 aromatic carbocycles. The van der Waals surface area contributed by atoms with Gasteiger partial charge in [0, 0.05) is 12.1 Å². The van der Waals surface area contributed by atoms with Gasteiger partial charge in [0.15, 0.2) is 0 Å². The van der Waals surface area contributed by atoms with Gasteiger partial charge in [-0.05, 0) is 38.1 Å². The molecule has 0 amide bonds. The van der Waals surface area contributed by atoms with Crippen molar-refractivity contribution >= 4 is 0 Å². The van der Waals surface area contributed by atoms with Crippen LogP contribution in [0.15, 0.2) is 24.3 Å². The lowest BCUT2D eigenvalue weighted by Crippen LogP contribution is -2.53. The summed E-state index contributed by atoms with van der Waals surface area (Å²) in [5.41, 5.74) is 6.46. The van der Waals surface area contributed by atoms with Gasteiger partial charge in [-0.1, -0.05) is 32.0 Å². The molecule has 0 bridgehead atoms. The third-order valence-electron chi connectivity index (χ3n) is 3.50. The molecule has 0 aliphatic rings. The van der Waals surface area contributed by atoms with Gasteiger partial charge in [-0.25, -0.2) is 4.39 Å². The summed E-state index contributed by atoms with van der Waals surface area (Å²) in [6.45, 7) is 8.71. The zero-order chi connectivity index (χ0) is 12.9. The van der Waals surface area contributed by atoms with Crippen molar-refractivity contribution in [1.82, 2.24) is 4.90 Å². The largest absolute Gasteiger partial charge is 0.329 e. The molecular weight excluding hydrogens is 215 g/mol. The van der Waals surface area contributed by atoms with Gasteiger partial charge >= 0.3 is 0 Å². The smallest absolute Gasteiger partial charge is 0.126 e. The lowest BCUT2D eigenvalue weighted by molar-refractivity contribution is 0.123. The SMILES string of the molecule is CCN(CC)C(C)(CN)Cc1ccccc1F. The van der Waals surface area contributed by atoms with Crippen LogP contribution in [0.3, 0.4) is 0 Å². The van der Waals surface area contributed by atoms with Crippen molar-refractivity contribution in [3.63, 3.8) is 0 Å². The summed E-state index contributed by atoms with van der Waals surface area (Å²) in [4.78, 5) is 2.29. The molecule has 17 heavy (non-hydrogen) atoms. The predicted octanol–water partition coefficient (Wildman–Crippen LogP) is 2.43. The second-order valence-electron chi connectivity index (χ2n) is 4.64. The second-order valence-corrected chi connectivity index (χ2v) is 4.64. The Kier molecular flexibility index (Phi) is 5.09. The fourth-order valence-electron chi connectivity index (χ4n) is 2.35. The van der Waals surface area contributed by atoms with Gasteiger partial charge in [0.2, 0.25) is 0 Å². The van der Waals surface area contributed by atoms with Crippen molar-refractivity contribution in [2.75, 3.05) is 19.6 Å². The fourth-order valence-corrected chi connectivity index (χ4v) is 2.35. The van der Waals surface area contributed by atoms with E-state index in [1.165, 1.54) is 6.07 Å². The van der Waals surface area contributed by atoms with Crippen LogP contribution in [-0.4, -0.2) is 30.1 Å². The first-order valence-corrected chi connectivity index (χ1v) is 6.26. The number of hydrogen-bond donors (Lipinski definition) is 1. The third-order valence-corrected chi connectivity index (χ3v) is 3.50. The molecule has 1 aromatic rings. The van der Waals surface area contributed by atoms with Crippen molar-refractivity contribution in [2.45, 2.75) is 32.7 Å². The van der Waals surface area contributed by atoms with Crippen LogP contribution in [0.4, 0.5) is 4.39 Å². The van der Waals surface area contributed by atoms with E-state index in [0.717, 1.165) is 18.7 Å². The Morgan fingerprint density at radius 1 is 1.24 bits per heavy atom. The van der Waals surface area contributed by atoms with Gasteiger partial charge in [0.25, 0.3) is 0 Å². The first-order chi connectivity index (χ1) is 8.07. The molecule has 0 aliphatic carbocycles. The van der Waals surface area contributed by atoms with Gasteiger partial charge in [0.1, 0.15) is 5.82 Å². The van der Waals surface area contributed by atoms with Crippen LogP contribution >= 0.6 is 0 Å². The molecule has 0 spiro atoms. The quantitative estimate of drug-likeness (QED) is 0.824. The highest BCUT2D eigenvalue weighted by molar-refractivity contribution is 5.20. The van der Waals surface area contributed by atoms with Crippen molar-refractivity contribution in [3.8, 4) is 0 Å². The van der Waals surface area contributed by atoms with Crippen molar-refractivity contribution in [3.05, 3.63) is 35.6 Å². The number of halogens is 1. The minimum absolute atomic E-state index is 0.140. The monoisotopic (exact) mass is 238 g/mol. The highest BCUT2D eigenvalue weighted by Gasteiger charge is 2.29. The van der Waals surface area contributed by atoms with Crippen molar-refractivity contribution in [2.24, 2.45) is 5.73 Å². The van der Waals surface area contributed by atoms with Crippen LogP contribution in [0.2, 0.25) is 0 Å². The standard InChI is InChI=1S/C14H23FN2/c1-4-17(5-2)14(3,11-16)10-12-8-6-7-9-13(12)15/h6-9H,4-5,10-11,16H2,1-3H3. The van der Waals surface area contributed by atoms with Crippen LogP contribution in [0, 0.1) is 5.82 Å². The van der Waals surface area contributed by atoms with E-state index in [4.69, 9.17) is 5.73 Å². The summed E-state index contributed by atoms with van der Waals surface area (Å²) >= 11 is 0. The Morgan fingerprint density at radius 2 is 1.82 bits per heavy atom. The number of nitrogens with two attached hydrogens (primary N) is 1. The molecule has 0 saturated carbocycles. The molecule has 0 radical (unpaired) electrons. The maximum atomic E-state index is 13.7. The first-order valence-electron chi connectivity index (χ1n) is 6.26. The lowest BCUT2D eigenvalue weighted by atomic mass is 9.90. The number of hydrogen-bond acceptors (Lipinski definition) is 2. The van der Waals surface area contributed by atoms with E-state index in [-0.39, 0.29) is 11.4 Å². The topological polar surface area (TPSA) is 29.3 Å². The van der Waals surface area contributed by atoms with Crippen LogP contribution in [0.5, 0.6) is 0 Å². The predicted molar refractivity (Wildman–Crippen MR) is 70.5 cm³/mol. The molecule has 1 unspecified atom stereocenters. The van der Waals surface area contributed by atoms with Crippen LogP contribution in [0.1, 0.15) is 26.3 Å². The number of nitrogens with zero attached hydrogens (tertiary/aromatic N) is 1. The number of likely N-dealkylation sites (N-methyl/N-ethyl adjacent to an activating group) is 1. The zero-order valence-corrected chi connectivity index (χ0v) is 11.0. The summed E-state index contributed by atoms with van der Waals surface area (Å²) in [5.74, 6) is -0.140. The summed E-state index contributed by atoms with van der Waals surface area (Å²) < 4.78 is 13.7. The van der Waals surface area contributed by atoms with Gasteiger partial charge in [-0.15, -0.1) is 0 Å². The van der Waals surface area contributed by atoms with Gasteiger partial charge in [-0.2, -0.15) is 0 Å². The van der Waals surface area contributed by atoms with E-state index in [1.807, 2.05) is 12.1 Å². The lowest BCUT2D eigenvalue weighted by Gasteiger charge is -2.39. The van der Waals surface area contributed by atoms with E-state index >= 15 is 0 Å². The Labute approximate surface area is 104 Å². The summed E-state index contributed by atoms with van der Waals surface area (Å²) in [6.07, 6.45) is 0.651. The molecule has 0 heterocycles. The van der Waals surface area contributed by atoms with Crippen molar-refractivity contribution < 1.29 is 4.39 Å². The third kappa shape index (κ3) is 3.27. The molecule has 2 N–H and O–H groups in total. The molecule has 0 fully saturated rings. The number of benzene rings is 1. The molecule has 0 aromatic heterocycles. The number of rotatable bonds is 6. The Balaban J connectivity index is 2.92. The van der Waals surface area contributed by atoms with E-state index in [0.29, 0.717) is 13.0 Å². The maximum Gasteiger partial charge on any atom is 0.126 e. The zero-order valence-electron chi connectivity index (χ0n) is 11.0. The highest BCUT2D eigenvalue weighted by Crippen LogP contribution is 2.21. The van der Waals surface area contributed by atoms with E-state index in [9.17, 15) is 4.39 Å².